The minimum absolute atomic E-state index is 0.781. The molecular weight excluding hydrogens is 294 g/mol. The third-order valence-electron chi connectivity index (χ3n) is 5.08. The molecular formula is C21H23N3. The van der Waals surface area contributed by atoms with Gasteiger partial charge in [-0.05, 0) is 30.0 Å². The van der Waals surface area contributed by atoms with Gasteiger partial charge in [0.25, 0.3) is 0 Å². The van der Waals surface area contributed by atoms with Gasteiger partial charge in [0.05, 0.1) is 0 Å². The third kappa shape index (κ3) is 3.12. The summed E-state index contributed by atoms with van der Waals surface area (Å²) >= 11 is 0. The highest BCUT2D eigenvalue weighted by atomic mass is 15.1. The van der Waals surface area contributed by atoms with Crippen LogP contribution in [0.2, 0.25) is 0 Å². The summed E-state index contributed by atoms with van der Waals surface area (Å²) in [6, 6.07) is 14.6. The average molecular weight is 317 g/mol. The van der Waals surface area contributed by atoms with Crippen LogP contribution in [0.5, 0.6) is 0 Å². The molecule has 1 N–H and O–H groups in total. The van der Waals surface area contributed by atoms with Crippen LogP contribution < -0.4 is 0 Å². The Balaban J connectivity index is 1.75. The van der Waals surface area contributed by atoms with E-state index in [-0.39, 0.29) is 0 Å². The molecule has 2 heterocycles. The maximum atomic E-state index is 4.68. The highest BCUT2D eigenvalue weighted by molar-refractivity contribution is 5.82. The Labute approximate surface area is 143 Å². The molecule has 122 valence electrons. The number of H-pyrrole nitrogens is 1. The number of aromatic amines is 1. The van der Waals surface area contributed by atoms with Crippen LogP contribution in [0, 0.1) is 5.92 Å². The molecule has 0 aliphatic heterocycles. The van der Waals surface area contributed by atoms with Crippen LogP contribution in [0.1, 0.15) is 37.8 Å². The van der Waals surface area contributed by atoms with Gasteiger partial charge in [0, 0.05) is 29.2 Å². The van der Waals surface area contributed by atoms with Crippen molar-refractivity contribution in [3.63, 3.8) is 0 Å². The molecule has 1 aromatic carbocycles. The highest BCUT2D eigenvalue weighted by Crippen LogP contribution is 2.36. The molecule has 0 unspecified atom stereocenters. The lowest BCUT2D eigenvalue weighted by Gasteiger charge is -2.21. The molecule has 0 spiro atoms. The molecule has 0 atom stereocenters. The average Bonchev–Trinajstić information content (AvgIpc) is 3.07. The quantitative estimate of drug-likeness (QED) is 0.713. The third-order valence-corrected chi connectivity index (χ3v) is 5.08. The molecule has 3 heteroatoms. The van der Waals surface area contributed by atoms with Crippen molar-refractivity contribution in [2.45, 2.75) is 38.5 Å². The Hall–Kier alpha value is -2.42. The van der Waals surface area contributed by atoms with Crippen molar-refractivity contribution >= 4 is 0 Å². The molecule has 0 saturated heterocycles. The van der Waals surface area contributed by atoms with Gasteiger partial charge in [-0.3, -0.25) is 10.1 Å². The number of rotatable bonds is 4. The van der Waals surface area contributed by atoms with Crippen LogP contribution in [0.3, 0.4) is 0 Å². The zero-order valence-corrected chi connectivity index (χ0v) is 13.9. The maximum Gasteiger partial charge on any atom is 0.100 e. The fourth-order valence-corrected chi connectivity index (χ4v) is 3.84. The van der Waals surface area contributed by atoms with E-state index in [2.05, 4.69) is 51.6 Å². The van der Waals surface area contributed by atoms with Crippen LogP contribution in [0.25, 0.3) is 22.4 Å². The second kappa shape index (κ2) is 7.00. The van der Waals surface area contributed by atoms with Gasteiger partial charge in [-0.2, -0.15) is 5.10 Å². The number of pyridine rings is 1. The second-order valence-electron chi connectivity index (χ2n) is 6.74. The van der Waals surface area contributed by atoms with E-state index in [9.17, 15) is 0 Å². The summed E-state index contributed by atoms with van der Waals surface area (Å²) in [7, 11) is 0. The molecule has 24 heavy (non-hydrogen) atoms. The van der Waals surface area contributed by atoms with Gasteiger partial charge in [-0.1, -0.05) is 62.4 Å². The van der Waals surface area contributed by atoms with E-state index in [1.165, 1.54) is 48.9 Å². The Morgan fingerprint density at radius 1 is 0.875 bits per heavy atom. The molecule has 3 aromatic rings. The second-order valence-corrected chi connectivity index (χ2v) is 6.74. The topological polar surface area (TPSA) is 41.6 Å². The summed E-state index contributed by atoms with van der Waals surface area (Å²) in [6.45, 7) is 0. The van der Waals surface area contributed by atoms with Crippen molar-refractivity contribution in [2.24, 2.45) is 5.92 Å². The Bertz CT molecular complexity index is 771. The Morgan fingerprint density at radius 3 is 2.38 bits per heavy atom. The van der Waals surface area contributed by atoms with Crippen LogP contribution in [0.15, 0.2) is 54.9 Å². The number of aromatic nitrogens is 3. The number of hydrogen-bond donors (Lipinski definition) is 1. The van der Waals surface area contributed by atoms with E-state index in [0.717, 1.165) is 23.6 Å². The molecule has 0 radical (unpaired) electrons. The smallest absolute Gasteiger partial charge is 0.100 e. The Kier molecular flexibility index (Phi) is 4.41. The first kappa shape index (κ1) is 15.1. The predicted octanol–water partition coefficient (Wildman–Crippen LogP) is 5.26. The summed E-state index contributed by atoms with van der Waals surface area (Å²) < 4.78 is 0. The minimum Gasteiger partial charge on any atom is -0.281 e. The fourth-order valence-electron chi connectivity index (χ4n) is 3.84. The molecule has 4 rings (SSSR count). The van der Waals surface area contributed by atoms with Crippen LogP contribution in [-0.4, -0.2) is 15.2 Å². The van der Waals surface area contributed by atoms with Crippen molar-refractivity contribution in [1.29, 1.82) is 0 Å². The van der Waals surface area contributed by atoms with Crippen LogP contribution >= 0.6 is 0 Å². The molecule has 2 aromatic heterocycles. The summed E-state index contributed by atoms with van der Waals surface area (Å²) in [5.41, 5.74) is 5.92. The molecule has 1 aliphatic rings. The van der Waals surface area contributed by atoms with Gasteiger partial charge in [-0.25, -0.2) is 0 Å². The summed E-state index contributed by atoms with van der Waals surface area (Å²) in [4.78, 5) is 4.17. The van der Waals surface area contributed by atoms with Crippen molar-refractivity contribution in [2.75, 3.05) is 0 Å². The highest BCUT2D eigenvalue weighted by Gasteiger charge is 2.21. The minimum atomic E-state index is 0.781. The Morgan fingerprint density at radius 2 is 1.62 bits per heavy atom. The van der Waals surface area contributed by atoms with Gasteiger partial charge >= 0.3 is 0 Å². The van der Waals surface area contributed by atoms with Crippen molar-refractivity contribution in [1.82, 2.24) is 15.2 Å². The first-order valence-corrected chi connectivity index (χ1v) is 8.95. The van der Waals surface area contributed by atoms with Gasteiger partial charge in [0.2, 0.25) is 0 Å². The van der Waals surface area contributed by atoms with Crippen LogP contribution in [-0.2, 0) is 6.42 Å². The number of benzene rings is 1. The van der Waals surface area contributed by atoms with Crippen molar-refractivity contribution in [3.8, 4) is 22.4 Å². The van der Waals surface area contributed by atoms with Gasteiger partial charge < -0.3 is 0 Å². The van der Waals surface area contributed by atoms with Crippen molar-refractivity contribution in [3.05, 3.63) is 60.6 Å². The van der Waals surface area contributed by atoms with E-state index in [4.69, 9.17) is 0 Å². The van der Waals surface area contributed by atoms with E-state index in [0.29, 0.717) is 0 Å². The molecule has 3 nitrogen and oxygen atoms in total. The lowest BCUT2D eigenvalue weighted by atomic mass is 9.84. The monoisotopic (exact) mass is 317 g/mol. The lowest BCUT2D eigenvalue weighted by Crippen LogP contribution is -2.10. The van der Waals surface area contributed by atoms with Crippen molar-refractivity contribution < 1.29 is 0 Å². The van der Waals surface area contributed by atoms with E-state index >= 15 is 0 Å². The van der Waals surface area contributed by atoms with E-state index < -0.39 is 0 Å². The largest absolute Gasteiger partial charge is 0.281 e. The molecule has 1 fully saturated rings. The molecule has 0 bridgehead atoms. The summed E-state index contributed by atoms with van der Waals surface area (Å²) in [5, 5.41) is 8.03. The SMILES string of the molecule is c1ccc(-c2n[nH]c(CC3CCCCC3)c2-c2ccncc2)cc1. The maximum absolute atomic E-state index is 4.68. The normalized spacial score (nSPS) is 15.5. The van der Waals surface area contributed by atoms with Gasteiger partial charge in [0.1, 0.15) is 5.69 Å². The number of hydrogen-bond acceptors (Lipinski definition) is 2. The zero-order valence-electron chi connectivity index (χ0n) is 13.9. The van der Waals surface area contributed by atoms with Gasteiger partial charge in [0.15, 0.2) is 0 Å². The van der Waals surface area contributed by atoms with E-state index in [1.807, 2.05) is 18.5 Å². The lowest BCUT2D eigenvalue weighted by molar-refractivity contribution is 0.354. The molecule has 1 saturated carbocycles. The first-order valence-electron chi connectivity index (χ1n) is 8.95. The molecule has 1 aliphatic carbocycles. The number of nitrogens with one attached hydrogen (secondary N) is 1. The predicted molar refractivity (Wildman–Crippen MR) is 97.5 cm³/mol. The van der Waals surface area contributed by atoms with Crippen LogP contribution in [0.4, 0.5) is 0 Å². The van der Waals surface area contributed by atoms with E-state index in [1.54, 1.807) is 0 Å². The molecule has 0 amide bonds. The van der Waals surface area contributed by atoms with Gasteiger partial charge in [-0.15, -0.1) is 0 Å². The fraction of sp³-hybridized carbons (Fsp3) is 0.333. The summed E-state index contributed by atoms with van der Waals surface area (Å²) in [6.07, 6.45) is 11.6. The standard InChI is InChI=1S/C21H23N3/c1-3-7-16(8-4-1)15-19-20(17-11-13-22-14-12-17)21(24-23-19)18-9-5-2-6-10-18/h2,5-6,9-14,16H,1,3-4,7-8,15H2,(H,23,24). The first-order chi connectivity index (χ1) is 11.9. The zero-order chi connectivity index (χ0) is 16.2. The summed E-state index contributed by atoms with van der Waals surface area (Å²) in [5.74, 6) is 0.781. The number of nitrogens with zero attached hydrogens (tertiary/aromatic N) is 2.